The van der Waals surface area contributed by atoms with Crippen molar-refractivity contribution < 1.29 is 19.4 Å². The second-order valence-electron chi connectivity index (χ2n) is 4.63. The third-order valence-electron chi connectivity index (χ3n) is 2.71. The van der Waals surface area contributed by atoms with Crippen molar-refractivity contribution in [3.63, 3.8) is 0 Å². The van der Waals surface area contributed by atoms with Gasteiger partial charge in [-0.3, -0.25) is 4.90 Å². The van der Waals surface area contributed by atoms with E-state index in [0.29, 0.717) is 11.4 Å². The normalized spacial score (nSPS) is 17.6. The van der Waals surface area contributed by atoms with E-state index in [-0.39, 0.29) is 18.6 Å². The maximum Gasteiger partial charge on any atom is 0.346 e. The molecule has 1 aromatic carbocycles. The van der Waals surface area contributed by atoms with Crippen molar-refractivity contribution >= 4 is 17.7 Å². The number of ether oxygens (including phenoxy) is 1. The molecule has 0 spiro atoms. The Kier molecular flexibility index (Phi) is 3.59. The van der Waals surface area contributed by atoms with E-state index in [1.807, 2.05) is 13.8 Å². The number of carbonyl (C=O) groups is 2. The van der Waals surface area contributed by atoms with Gasteiger partial charge in [0.25, 0.3) is 0 Å². The molecule has 2 N–H and O–H groups in total. The monoisotopic (exact) mass is 264 g/mol. The molecule has 0 bridgehead atoms. The number of fused-ring (bicyclic) bond motifs is 1. The van der Waals surface area contributed by atoms with Crippen LogP contribution in [0, 0.1) is 0 Å². The number of nitrogens with zero attached hydrogens (tertiary/aromatic N) is 1. The van der Waals surface area contributed by atoms with Crippen LogP contribution in [0.2, 0.25) is 0 Å². The molecule has 1 unspecified atom stereocenters. The van der Waals surface area contributed by atoms with E-state index in [9.17, 15) is 9.59 Å². The average molecular weight is 264 g/mol. The van der Waals surface area contributed by atoms with Crippen molar-refractivity contribution in [2.75, 3.05) is 11.4 Å². The van der Waals surface area contributed by atoms with Crippen molar-refractivity contribution in [2.45, 2.75) is 26.0 Å². The van der Waals surface area contributed by atoms with Gasteiger partial charge in [0.15, 0.2) is 0 Å². The van der Waals surface area contributed by atoms with Gasteiger partial charge in [0.2, 0.25) is 6.10 Å². The molecule has 0 saturated heterocycles. The van der Waals surface area contributed by atoms with Crippen LogP contribution in [-0.2, 0) is 4.79 Å². The van der Waals surface area contributed by atoms with Gasteiger partial charge < -0.3 is 15.2 Å². The number of carboxylic acids is 1. The number of hydrogen-bond acceptors (Lipinski definition) is 3. The van der Waals surface area contributed by atoms with Crippen LogP contribution in [-0.4, -0.2) is 35.8 Å². The molecule has 0 fully saturated rings. The molecule has 1 heterocycles. The second-order valence-corrected chi connectivity index (χ2v) is 4.63. The second kappa shape index (κ2) is 5.17. The molecule has 2 rings (SSSR count). The minimum Gasteiger partial charge on any atom is -0.478 e. The predicted octanol–water partition coefficient (Wildman–Crippen LogP) is 1.46. The fourth-order valence-electron chi connectivity index (χ4n) is 1.88. The van der Waals surface area contributed by atoms with Crippen molar-refractivity contribution in [3.8, 4) is 5.75 Å². The Labute approximate surface area is 111 Å². The zero-order valence-electron chi connectivity index (χ0n) is 10.8. The van der Waals surface area contributed by atoms with Crippen LogP contribution in [0.1, 0.15) is 13.8 Å². The first-order valence-corrected chi connectivity index (χ1v) is 6.05. The number of anilines is 1. The molecule has 1 aromatic rings. The van der Waals surface area contributed by atoms with Gasteiger partial charge >= 0.3 is 12.0 Å². The summed E-state index contributed by atoms with van der Waals surface area (Å²) in [5, 5.41) is 11.8. The summed E-state index contributed by atoms with van der Waals surface area (Å²) in [5.74, 6) is -0.683. The minimum atomic E-state index is -1.09. The van der Waals surface area contributed by atoms with Crippen molar-refractivity contribution in [3.05, 3.63) is 24.3 Å². The first-order chi connectivity index (χ1) is 8.99. The molecule has 6 heteroatoms. The first-order valence-electron chi connectivity index (χ1n) is 6.05. The van der Waals surface area contributed by atoms with E-state index in [4.69, 9.17) is 9.84 Å². The molecule has 0 aliphatic carbocycles. The Morgan fingerprint density at radius 1 is 1.42 bits per heavy atom. The molecule has 0 radical (unpaired) electrons. The summed E-state index contributed by atoms with van der Waals surface area (Å²) >= 11 is 0. The van der Waals surface area contributed by atoms with Gasteiger partial charge in [0.05, 0.1) is 12.2 Å². The molecular weight excluding hydrogens is 248 g/mol. The van der Waals surface area contributed by atoms with E-state index in [2.05, 4.69) is 5.32 Å². The summed E-state index contributed by atoms with van der Waals surface area (Å²) in [7, 11) is 0. The molecule has 1 aliphatic rings. The van der Waals surface area contributed by atoms with Gasteiger partial charge in [-0.15, -0.1) is 0 Å². The largest absolute Gasteiger partial charge is 0.478 e. The number of rotatable bonds is 2. The number of benzene rings is 1. The highest BCUT2D eigenvalue weighted by atomic mass is 16.5. The number of amides is 2. The maximum absolute atomic E-state index is 12.1. The van der Waals surface area contributed by atoms with Crippen LogP contribution in [0.5, 0.6) is 5.75 Å². The number of nitrogens with one attached hydrogen (secondary N) is 1. The van der Waals surface area contributed by atoms with Crippen molar-refractivity contribution in [2.24, 2.45) is 0 Å². The first kappa shape index (κ1) is 13.2. The highest BCUT2D eigenvalue weighted by Crippen LogP contribution is 2.33. The average Bonchev–Trinajstić information content (AvgIpc) is 2.36. The molecule has 2 amide bonds. The number of aliphatic carboxylic acids is 1. The summed E-state index contributed by atoms with van der Waals surface area (Å²) in [6.07, 6.45) is -1.05. The van der Waals surface area contributed by atoms with Gasteiger partial charge in [-0.1, -0.05) is 12.1 Å². The standard InChI is InChI=1S/C13H16N2O4/c1-8(2)14-13(18)15-7-11(12(16)17)19-10-6-4-3-5-9(10)15/h3-6,8,11H,7H2,1-2H3,(H,14,18)(H,16,17). The molecule has 6 nitrogen and oxygen atoms in total. The summed E-state index contributed by atoms with van der Waals surface area (Å²) in [6, 6.07) is 6.55. The fourth-order valence-corrected chi connectivity index (χ4v) is 1.88. The number of hydrogen-bond donors (Lipinski definition) is 2. The smallest absolute Gasteiger partial charge is 0.346 e. The van der Waals surface area contributed by atoms with Crippen LogP contribution >= 0.6 is 0 Å². The molecule has 0 aromatic heterocycles. The third-order valence-corrected chi connectivity index (χ3v) is 2.71. The minimum absolute atomic E-state index is 0.00903. The molecule has 19 heavy (non-hydrogen) atoms. The zero-order chi connectivity index (χ0) is 14.0. The van der Waals surface area contributed by atoms with Gasteiger partial charge in [0, 0.05) is 6.04 Å². The molecular formula is C13H16N2O4. The summed E-state index contributed by atoms with van der Waals surface area (Å²) in [6.45, 7) is 3.68. The highest BCUT2D eigenvalue weighted by Gasteiger charge is 2.33. The highest BCUT2D eigenvalue weighted by molar-refractivity contribution is 5.95. The Morgan fingerprint density at radius 3 is 2.74 bits per heavy atom. The van der Waals surface area contributed by atoms with Gasteiger partial charge in [-0.2, -0.15) is 0 Å². The van der Waals surface area contributed by atoms with Crippen LogP contribution in [0.25, 0.3) is 0 Å². The van der Waals surface area contributed by atoms with Gasteiger partial charge in [0.1, 0.15) is 5.75 Å². The van der Waals surface area contributed by atoms with Crippen molar-refractivity contribution in [1.82, 2.24) is 5.32 Å². The lowest BCUT2D eigenvalue weighted by Crippen LogP contribution is -2.51. The Bertz CT molecular complexity index is 501. The zero-order valence-corrected chi connectivity index (χ0v) is 10.8. The maximum atomic E-state index is 12.1. The van der Waals surface area contributed by atoms with Gasteiger partial charge in [-0.05, 0) is 26.0 Å². The molecule has 1 atom stereocenters. The Morgan fingerprint density at radius 2 is 2.11 bits per heavy atom. The lowest BCUT2D eigenvalue weighted by Gasteiger charge is -2.33. The Balaban J connectivity index is 2.31. The number of carboxylic acid groups (broad SMARTS) is 1. The van der Waals surface area contributed by atoms with E-state index in [0.717, 1.165) is 0 Å². The van der Waals surface area contributed by atoms with Gasteiger partial charge in [-0.25, -0.2) is 9.59 Å². The molecule has 0 saturated carbocycles. The number of urea groups is 1. The Hall–Kier alpha value is -2.24. The van der Waals surface area contributed by atoms with Crippen LogP contribution in [0.4, 0.5) is 10.5 Å². The van der Waals surface area contributed by atoms with E-state index in [1.54, 1.807) is 24.3 Å². The van der Waals surface area contributed by atoms with E-state index in [1.165, 1.54) is 4.90 Å². The van der Waals surface area contributed by atoms with Crippen LogP contribution < -0.4 is 15.0 Å². The summed E-state index contributed by atoms with van der Waals surface area (Å²) < 4.78 is 5.36. The van der Waals surface area contributed by atoms with Crippen LogP contribution in [0.15, 0.2) is 24.3 Å². The third kappa shape index (κ3) is 2.78. The summed E-state index contributed by atoms with van der Waals surface area (Å²) in [4.78, 5) is 24.6. The topological polar surface area (TPSA) is 78.9 Å². The fraction of sp³-hybridized carbons (Fsp3) is 0.385. The SMILES string of the molecule is CC(C)NC(=O)N1CC(C(=O)O)Oc2ccccc21. The quantitative estimate of drug-likeness (QED) is 0.847. The summed E-state index contributed by atoms with van der Waals surface area (Å²) in [5.41, 5.74) is 0.582. The lowest BCUT2D eigenvalue weighted by molar-refractivity contribution is -0.144. The van der Waals surface area contributed by atoms with Crippen LogP contribution in [0.3, 0.4) is 0 Å². The lowest BCUT2D eigenvalue weighted by atomic mass is 10.2. The van der Waals surface area contributed by atoms with E-state index >= 15 is 0 Å². The number of carbonyl (C=O) groups excluding carboxylic acids is 1. The molecule has 102 valence electrons. The predicted molar refractivity (Wildman–Crippen MR) is 69.5 cm³/mol. The van der Waals surface area contributed by atoms with E-state index < -0.39 is 12.1 Å². The number of para-hydroxylation sites is 2. The molecule has 1 aliphatic heterocycles. The van der Waals surface area contributed by atoms with Crippen molar-refractivity contribution in [1.29, 1.82) is 0 Å².